The maximum Gasteiger partial charge on any atom is 0.238 e. The van der Waals surface area contributed by atoms with Crippen LogP contribution in [0.3, 0.4) is 0 Å². The summed E-state index contributed by atoms with van der Waals surface area (Å²) in [6.45, 7) is 6.92. The number of methoxy groups -OCH3 is 1. The third kappa shape index (κ3) is 3.12. The Morgan fingerprint density at radius 3 is 2.50 bits per heavy atom. The van der Waals surface area contributed by atoms with Crippen LogP contribution in [0.4, 0.5) is 0 Å². The van der Waals surface area contributed by atoms with E-state index in [1.807, 2.05) is 29.2 Å². The standard InChI is InChI=1S/C16H24N2O2/c1-11(2)9-12(3)18-15(19)10-17-16(18)13-5-7-14(20-4)8-6-13/h5-8,11-12,16-17H,9-10H2,1-4H3. The molecule has 0 radical (unpaired) electrons. The van der Waals surface area contributed by atoms with Crippen molar-refractivity contribution in [2.45, 2.75) is 39.4 Å². The number of carbonyl (C=O) groups is 1. The van der Waals surface area contributed by atoms with Gasteiger partial charge in [-0.05, 0) is 37.0 Å². The maximum absolute atomic E-state index is 12.1. The molecule has 1 amide bonds. The molecule has 0 saturated carbocycles. The number of nitrogens with zero attached hydrogens (tertiary/aromatic N) is 1. The first-order chi connectivity index (χ1) is 9.52. The van der Waals surface area contributed by atoms with Crippen LogP contribution < -0.4 is 10.1 Å². The van der Waals surface area contributed by atoms with Gasteiger partial charge in [-0.2, -0.15) is 0 Å². The van der Waals surface area contributed by atoms with E-state index >= 15 is 0 Å². The Bertz CT molecular complexity index is 456. The Morgan fingerprint density at radius 1 is 1.30 bits per heavy atom. The predicted octanol–water partition coefficient (Wildman–Crippen LogP) is 2.56. The van der Waals surface area contributed by atoms with Gasteiger partial charge in [-0.15, -0.1) is 0 Å². The SMILES string of the molecule is COc1ccc(C2NCC(=O)N2C(C)CC(C)C)cc1. The lowest BCUT2D eigenvalue weighted by atomic mass is 10.0. The molecule has 1 fully saturated rings. The Balaban J connectivity index is 2.18. The number of ether oxygens (including phenoxy) is 1. The first-order valence-corrected chi connectivity index (χ1v) is 7.21. The Hall–Kier alpha value is -1.55. The highest BCUT2D eigenvalue weighted by molar-refractivity contribution is 5.81. The van der Waals surface area contributed by atoms with Gasteiger partial charge in [0, 0.05) is 6.04 Å². The Kier molecular flexibility index (Phi) is 4.65. The van der Waals surface area contributed by atoms with Crippen molar-refractivity contribution in [2.24, 2.45) is 5.92 Å². The van der Waals surface area contributed by atoms with E-state index in [4.69, 9.17) is 4.74 Å². The van der Waals surface area contributed by atoms with E-state index in [0.717, 1.165) is 17.7 Å². The molecule has 0 bridgehead atoms. The molecule has 1 saturated heterocycles. The molecule has 110 valence electrons. The third-order valence-electron chi connectivity index (χ3n) is 3.73. The fourth-order valence-electron chi connectivity index (χ4n) is 2.88. The number of carbonyl (C=O) groups excluding carboxylic acids is 1. The van der Waals surface area contributed by atoms with E-state index in [9.17, 15) is 4.79 Å². The second-order valence-corrected chi connectivity index (χ2v) is 5.84. The lowest BCUT2D eigenvalue weighted by Crippen LogP contribution is -2.38. The molecule has 1 aliphatic rings. The Morgan fingerprint density at radius 2 is 1.95 bits per heavy atom. The topological polar surface area (TPSA) is 41.6 Å². The molecule has 1 heterocycles. The van der Waals surface area contributed by atoms with Crippen LogP contribution in [0.2, 0.25) is 0 Å². The molecule has 1 aliphatic heterocycles. The van der Waals surface area contributed by atoms with Crippen LogP contribution in [-0.2, 0) is 4.79 Å². The molecule has 4 nitrogen and oxygen atoms in total. The summed E-state index contributed by atoms with van der Waals surface area (Å²) in [5.41, 5.74) is 1.10. The van der Waals surface area contributed by atoms with Gasteiger partial charge < -0.3 is 9.64 Å². The molecule has 0 aromatic heterocycles. The van der Waals surface area contributed by atoms with Gasteiger partial charge >= 0.3 is 0 Å². The number of benzene rings is 1. The van der Waals surface area contributed by atoms with E-state index < -0.39 is 0 Å². The summed E-state index contributed by atoms with van der Waals surface area (Å²) in [5, 5.41) is 3.30. The lowest BCUT2D eigenvalue weighted by Gasteiger charge is -2.31. The normalized spacial score (nSPS) is 20.6. The van der Waals surface area contributed by atoms with Crippen molar-refractivity contribution in [3.63, 3.8) is 0 Å². The van der Waals surface area contributed by atoms with Gasteiger partial charge in [0.1, 0.15) is 11.9 Å². The summed E-state index contributed by atoms with van der Waals surface area (Å²) in [5.74, 6) is 1.59. The van der Waals surface area contributed by atoms with Crippen LogP contribution in [0, 0.1) is 5.92 Å². The number of hydrogen-bond donors (Lipinski definition) is 1. The van der Waals surface area contributed by atoms with Crippen LogP contribution in [-0.4, -0.2) is 30.5 Å². The fourth-order valence-corrected chi connectivity index (χ4v) is 2.88. The van der Waals surface area contributed by atoms with Crippen LogP contribution >= 0.6 is 0 Å². The van der Waals surface area contributed by atoms with Gasteiger partial charge in [0.15, 0.2) is 0 Å². The minimum atomic E-state index is -0.0258. The zero-order valence-electron chi connectivity index (χ0n) is 12.7. The van der Waals surface area contributed by atoms with Gasteiger partial charge in [0.25, 0.3) is 0 Å². The first-order valence-electron chi connectivity index (χ1n) is 7.21. The summed E-state index contributed by atoms with van der Waals surface area (Å²) < 4.78 is 5.18. The average molecular weight is 276 g/mol. The molecular formula is C16H24N2O2. The molecule has 0 aliphatic carbocycles. The molecule has 1 N–H and O–H groups in total. The summed E-state index contributed by atoms with van der Waals surface area (Å²) in [6, 6.07) is 8.15. The van der Waals surface area contributed by atoms with E-state index in [1.165, 1.54) is 0 Å². The van der Waals surface area contributed by atoms with Gasteiger partial charge in [-0.3, -0.25) is 10.1 Å². The quantitative estimate of drug-likeness (QED) is 0.898. The summed E-state index contributed by atoms with van der Waals surface area (Å²) in [6.07, 6.45) is 0.988. The minimum Gasteiger partial charge on any atom is -0.497 e. The number of amides is 1. The number of rotatable bonds is 5. The molecule has 0 spiro atoms. The van der Waals surface area contributed by atoms with E-state index in [2.05, 4.69) is 26.1 Å². The smallest absolute Gasteiger partial charge is 0.238 e. The van der Waals surface area contributed by atoms with Gasteiger partial charge in [0.2, 0.25) is 5.91 Å². The maximum atomic E-state index is 12.1. The second-order valence-electron chi connectivity index (χ2n) is 5.84. The highest BCUT2D eigenvalue weighted by Gasteiger charge is 2.34. The zero-order chi connectivity index (χ0) is 14.7. The van der Waals surface area contributed by atoms with Gasteiger partial charge in [-0.1, -0.05) is 26.0 Å². The zero-order valence-corrected chi connectivity index (χ0v) is 12.7. The van der Waals surface area contributed by atoms with Crippen molar-refractivity contribution in [2.75, 3.05) is 13.7 Å². The van der Waals surface area contributed by atoms with Crippen molar-refractivity contribution in [3.8, 4) is 5.75 Å². The molecule has 20 heavy (non-hydrogen) atoms. The second kappa shape index (κ2) is 6.27. The molecule has 2 rings (SSSR count). The van der Waals surface area contributed by atoms with Gasteiger partial charge in [-0.25, -0.2) is 0 Å². The number of hydrogen-bond acceptors (Lipinski definition) is 3. The predicted molar refractivity (Wildman–Crippen MR) is 79.5 cm³/mol. The summed E-state index contributed by atoms with van der Waals surface area (Å²) >= 11 is 0. The van der Waals surface area contributed by atoms with Crippen LogP contribution in [0.1, 0.15) is 38.9 Å². The van der Waals surface area contributed by atoms with Crippen molar-refractivity contribution >= 4 is 5.91 Å². The van der Waals surface area contributed by atoms with Crippen molar-refractivity contribution in [3.05, 3.63) is 29.8 Å². The highest BCUT2D eigenvalue weighted by atomic mass is 16.5. The molecule has 2 unspecified atom stereocenters. The average Bonchev–Trinajstić information content (AvgIpc) is 2.80. The molecule has 2 atom stereocenters. The Labute approximate surface area is 121 Å². The molecule has 1 aromatic rings. The third-order valence-corrected chi connectivity index (χ3v) is 3.73. The summed E-state index contributed by atoms with van der Waals surface area (Å²) in [4.78, 5) is 14.1. The first kappa shape index (κ1) is 14.9. The van der Waals surface area contributed by atoms with Crippen LogP contribution in [0.15, 0.2) is 24.3 Å². The largest absolute Gasteiger partial charge is 0.497 e. The molecule has 1 aromatic carbocycles. The van der Waals surface area contributed by atoms with Crippen LogP contribution in [0.5, 0.6) is 5.75 Å². The van der Waals surface area contributed by atoms with Gasteiger partial charge in [0.05, 0.1) is 13.7 Å². The highest BCUT2D eigenvalue weighted by Crippen LogP contribution is 2.28. The lowest BCUT2D eigenvalue weighted by molar-refractivity contribution is -0.130. The van der Waals surface area contributed by atoms with E-state index in [1.54, 1.807) is 7.11 Å². The number of nitrogens with one attached hydrogen (secondary N) is 1. The monoisotopic (exact) mass is 276 g/mol. The van der Waals surface area contributed by atoms with Crippen LogP contribution in [0.25, 0.3) is 0 Å². The fraction of sp³-hybridized carbons (Fsp3) is 0.562. The minimum absolute atomic E-state index is 0.0258. The summed E-state index contributed by atoms with van der Waals surface area (Å²) in [7, 11) is 1.66. The van der Waals surface area contributed by atoms with Crippen molar-refractivity contribution < 1.29 is 9.53 Å². The van der Waals surface area contributed by atoms with Crippen molar-refractivity contribution in [1.82, 2.24) is 10.2 Å². The molecular weight excluding hydrogens is 252 g/mol. The van der Waals surface area contributed by atoms with Crippen molar-refractivity contribution in [1.29, 1.82) is 0 Å². The molecule has 4 heteroatoms. The van der Waals surface area contributed by atoms with E-state index in [-0.39, 0.29) is 18.1 Å². The van der Waals surface area contributed by atoms with E-state index in [0.29, 0.717) is 12.5 Å².